The van der Waals surface area contributed by atoms with Crippen molar-refractivity contribution in [1.82, 2.24) is 10.3 Å². The van der Waals surface area contributed by atoms with E-state index in [4.69, 9.17) is 10.2 Å². The molecule has 6 nitrogen and oxygen atoms in total. The zero-order chi connectivity index (χ0) is 12.2. The number of hydrogen-bond acceptors (Lipinski definition) is 4. The van der Waals surface area contributed by atoms with Gasteiger partial charge >= 0.3 is 0 Å². The van der Waals surface area contributed by atoms with Crippen molar-refractivity contribution in [3.63, 3.8) is 0 Å². The van der Waals surface area contributed by atoms with Gasteiger partial charge in [-0.3, -0.25) is 9.59 Å². The molecular weight excluding hydrogens is 210 g/mol. The van der Waals surface area contributed by atoms with Gasteiger partial charge in [-0.2, -0.15) is 0 Å². The molecular formula is C10H15N3O3. The van der Waals surface area contributed by atoms with Crippen LogP contribution in [0.15, 0.2) is 17.0 Å². The minimum absolute atomic E-state index is 0.146. The lowest BCUT2D eigenvalue weighted by Gasteiger charge is -2.25. The van der Waals surface area contributed by atoms with Gasteiger partial charge in [-0.25, -0.2) is 4.98 Å². The monoisotopic (exact) mass is 225 g/mol. The number of carbonyl (C=O) groups excluding carboxylic acids is 2. The molecule has 6 heteroatoms. The maximum atomic E-state index is 11.6. The molecule has 88 valence electrons. The number of nitrogens with zero attached hydrogens (tertiary/aromatic N) is 1. The standard InChI is InChI=1S/C10H15N3O3/c1-10(2,4-3-8(11)14)13-9(15)7-5-12-6-16-7/h5-6H,3-4H2,1-2H3,(H2,11,14)(H,13,15). The second kappa shape index (κ2) is 4.78. The van der Waals surface area contributed by atoms with E-state index in [1.54, 1.807) is 0 Å². The zero-order valence-electron chi connectivity index (χ0n) is 9.32. The number of primary amides is 1. The van der Waals surface area contributed by atoms with Crippen molar-refractivity contribution in [3.8, 4) is 0 Å². The van der Waals surface area contributed by atoms with Crippen LogP contribution in [0.5, 0.6) is 0 Å². The second-order valence-electron chi connectivity index (χ2n) is 4.17. The number of nitrogens with two attached hydrogens (primary N) is 1. The van der Waals surface area contributed by atoms with E-state index in [2.05, 4.69) is 10.3 Å². The summed E-state index contributed by atoms with van der Waals surface area (Å²) >= 11 is 0. The Balaban J connectivity index is 2.52. The Hall–Kier alpha value is -1.85. The number of nitrogens with one attached hydrogen (secondary N) is 1. The molecule has 16 heavy (non-hydrogen) atoms. The third kappa shape index (κ3) is 3.72. The molecule has 3 N–H and O–H groups in total. The van der Waals surface area contributed by atoms with Gasteiger partial charge in [0.2, 0.25) is 11.7 Å². The average molecular weight is 225 g/mol. The smallest absolute Gasteiger partial charge is 0.289 e. The summed E-state index contributed by atoms with van der Waals surface area (Å²) in [5.41, 5.74) is 4.53. The summed E-state index contributed by atoms with van der Waals surface area (Å²) in [4.78, 5) is 25.9. The van der Waals surface area contributed by atoms with E-state index in [0.29, 0.717) is 6.42 Å². The van der Waals surface area contributed by atoms with E-state index in [0.717, 1.165) is 0 Å². The fourth-order valence-corrected chi connectivity index (χ4v) is 1.20. The molecule has 0 fully saturated rings. The van der Waals surface area contributed by atoms with Crippen LogP contribution < -0.4 is 11.1 Å². The van der Waals surface area contributed by atoms with Crippen LogP contribution in [0.2, 0.25) is 0 Å². The van der Waals surface area contributed by atoms with Gasteiger partial charge in [0.25, 0.3) is 5.91 Å². The lowest BCUT2D eigenvalue weighted by atomic mass is 9.98. The number of hydrogen-bond donors (Lipinski definition) is 2. The molecule has 0 spiro atoms. The molecule has 1 aromatic rings. The van der Waals surface area contributed by atoms with E-state index in [-0.39, 0.29) is 24.0 Å². The second-order valence-corrected chi connectivity index (χ2v) is 4.17. The molecule has 0 radical (unpaired) electrons. The molecule has 0 atom stereocenters. The van der Waals surface area contributed by atoms with Gasteiger partial charge in [0, 0.05) is 12.0 Å². The van der Waals surface area contributed by atoms with Gasteiger partial charge in [0.1, 0.15) is 0 Å². The molecule has 1 rings (SSSR count). The van der Waals surface area contributed by atoms with Crippen LogP contribution >= 0.6 is 0 Å². The van der Waals surface area contributed by atoms with E-state index in [1.165, 1.54) is 12.6 Å². The highest BCUT2D eigenvalue weighted by Crippen LogP contribution is 2.12. The highest BCUT2D eigenvalue weighted by atomic mass is 16.3. The Labute approximate surface area is 93.2 Å². The van der Waals surface area contributed by atoms with Crippen LogP contribution in [0.1, 0.15) is 37.2 Å². The molecule has 0 aliphatic carbocycles. The molecule has 0 unspecified atom stereocenters. The molecule has 0 saturated carbocycles. The highest BCUT2D eigenvalue weighted by Gasteiger charge is 2.23. The first-order chi connectivity index (χ1) is 7.41. The highest BCUT2D eigenvalue weighted by molar-refractivity contribution is 5.91. The normalized spacial score (nSPS) is 11.1. The predicted molar refractivity (Wildman–Crippen MR) is 56.5 cm³/mol. The first kappa shape index (κ1) is 12.2. The van der Waals surface area contributed by atoms with E-state index >= 15 is 0 Å². The maximum absolute atomic E-state index is 11.6. The van der Waals surface area contributed by atoms with E-state index in [9.17, 15) is 9.59 Å². The van der Waals surface area contributed by atoms with Crippen molar-refractivity contribution >= 4 is 11.8 Å². The minimum atomic E-state index is -0.515. The lowest BCUT2D eigenvalue weighted by molar-refractivity contribution is -0.118. The Morgan fingerprint density at radius 1 is 1.56 bits per heavy atom. The fraction of sp³-hybridized carbons (Fsp3) is 0.500. The Bertz CT molecular complexity index is 371. The molecule has 0 aromatic carbocycles. The Morgan fingerprint density at radius 3 is 2.75 bits per heavy atom. The van der Waals surface area contributed by atoms with Crippen LogP contribution in [0.25, 0.3) is 0 Å². The lowest BCUT2D eigenvalue weighted by Crippen LogP contribution is -2.43. The van der Waals surface area contributed by atoms with Crippen molar-refractivity contribution < 1.29 is 14.0 Å². The number of carbonyl (C=O) groups is 2. The number of oxazole rings is 1. The SMILES string of the molecule is CC(C)(CCC(N)=O)NC(=O)c1cnco1. The maximum Gasteiger partial charge on any atom is 0.289 e. The van der Waals surface area contributed by atoms with Gasteiger partial charge in [-0.15, -0.1) is 0 Å². The molecule has 2 amide bonds. The van der Waals surface area contributed by atoms with Gasteiger partial charge in [0.15, 0.2) is 6.39 Å². The number of amides is 2. The van der Waals surface area contributed by atoms with Crippen LogP contribution in [0.4, 0.5) is 0 Å². The van der Waals surface area contributed by atoms with Gasteiger partial charge in [-0.05, 0) is 20.3 Å². The molecule has 0 bridgehead atoms. The van der Waals surface area contributed by atoms with Crippen molar-refractivity contribution in [3.05, 3.63) is 18.4 Å². The van der Waals surface area contributed by atoms with E-state index in [1.807, 2.05) is 13.8 Å². The van der Waals surface area contributed by atoms with Crippen molar-refractivity contribution in [2.75, 3.05) is 0 Å². The fourth-order valence-electron chi connectivity index (χ4n) is 1.20. The molecule has 0 saturated heterocycles. The third-order valence-electron chi connectivity index (χ3n) is 2.10. The van der Waals surface area contributed by atoms with Crippen molar-refractivity contribution in [2.24, 2.45) is 5.73 Å². The predicted octanol–water partition coefficient (Wildman–Crippen LogP) is 0.448. The number of rotatable bonds is 5. The summed E-state index contributed by atoms with van der Waals surface area (Å²) in [6.07, 6.45) is 3.22. The van der Waals surface area contributed by atoms with Gasteiger partial charge in [0.05, 0.1) is 6.20 Å². The topological polar surface area (TPSA) is 98.2 Å². The van der Waals surface area contributed by atoms with Crippen LogP contribution in [-0.4, -0.2) is 22.3 Å². The first-order valence-corrected chi connectivity index (χ1v) is 4.90. The largest absolute Gasteiger partial charge is 0.438 e. The van der Waals surface area contributed by atoms with Gasteiger partial charge in [-0.1, -0.05) is 0 Å². The Kier molecular flexibility index (Phi) is 3.65. The van der Waals surface area contributed by atoms with Crippen molar-refractivity contribution in [1.29, 1.82) is 0 Å². The summed E-state index contributed by atoms with van der Waals surface area (Å²) < 4.78 is 4.85. The average Bonchev–Trinajstić information content (AvgIpc) is 2.67. The molecule has 1 heterocycles. The quantitative estimate of drug-likeness (QED) is 0.760. The summed E-state index contributed by atoms with van der Waals surface area (Å²) in [5, 5.41) is 2.73. The van der Waals surface area contributed by atoms with Crippen LogP contribution in [0.3, 0.4) is 0 Å². The first-order valence-electron chi connectivity index (χ1n) is 4.90. The summed E-state index contributed by atoms with van der Waals surface area (Å²) in [7, 11) is 0. The summed E-state index contributed by atoms with van der Waals surface area (Å²) in [6, 6.07) is 0. The minimum Gasteiger partial charge on any atom is -0.438 e. The van der Waals surface area contributed by atoms with E-state index < -0.39 is 5.54 Å². The third-order valence-corrected chi connectivity index (χ3v) is 2.10. The van der Waals surface area contributed by atoms with Crippen LogP contribution in [-0.2, 0) is 4.79 Å². The number of aromatic nitrogens is 1. The molecule has 0 aliphatic heterocycles. The van der Waals surface area contributed by atoms with Crippen molar-refractivity contribution in [2.45, 2.75) is 32.2 Å². The van der Waals surface area contributed by atoms with Crippen LogP contribution in [0, 0.1) is 0 Å². The Morgan fingerprint density at radius 2 is 2.25 bits per heavy atom. The zero-order valence-corrected chi connectivity index (χ0v) is 9.32. The molecule has 1 aromatic heterocycles. The van der Waals surface area contributed by atoms with Gasteiger partial charge < -0.3 is 15.5 Å². The molecule has 0 aliphatic rings. The summed E-state index contributed by atoms with van der Waals surface area (Å²) in [5.74, 6) is -0.596. The summed E-state index contributed by atoms with van der Waals surface area (Å²) in [6.45, 7) is 3.62.